The molecule has 1 aliphatic heterocycles. The topological polar surface area (TPSA) is 79.9 Å². The van der Waals surface area contributed by atoms with Gasteiger partial charge in [-0.3, -0.25) is 14.9 Å². The molecule has 1 amide bonds. The lowest BCUT2D eigenvalue weighted by atomic mass is 10.2. The molecule has 1 saturated heterocycles. The summed E-state index contributed by atoms with van der Waals surface area (Å²) in [6, 6.07) is 9.08. The smallest absolute Gasteiger partial charge is 0.295 e. The van der Waals surface area contributed by atoms with E-state index >= 15 is 0 Å². The number of anilines is 2. The van der Waals surface area contributed by atoms with E-state index in [0.717, 1.165) is 11.0 Å². The first-order chi connectivity index (χ1) is 12.9. The summed E-state index contributed by atoms with van der Waals surface area (Å²) in [5, 5.41) is 13.9. The summed E-state index contributed by atoms with van der Waals surface area (Å²) in [4.78, 5) is 25.6. The van der Waals surface area contributed by atoms with Crippen LogP contribution in [0.2, 0.25) is 0 Å². The van der Waals surface area contributed by atoms with Crippen molar-refractivity contribution >= 4 is 23.0 Å². The fraction of sp³-hybridized carbons (Fsp3) is 0.278. The molecule has 0 radical (unpaired) electrons. The molecule has 27 heavy (non-hydrogen) atoms. The van der Waals surface area contributed by atoms with E-state index in [1.807, 2.05) is 4.90 Å². The Morgan fingerprint density at radius 1 is 1.11 bits per heavy atom. The van der Waals surface area contributed by atoms with Crippen molar-refractivity contribution in [2.75, 3.05) is 42.9 Å². The van der Waals surface area contributed by atoms with Crippen LogP contribution in [0.15, 0.2) is 42.5 Å². The molecule has 0 atom stereocenters. The number of nitrogens with one attached hydrogen (secondary N) is 2. The Balaban J connectivity index is 1.55. The fourth-order valence-corrected chi connectivity index (χ4v) is 3.12. The lowest BCUT2D eigenvalue weighted by Gasteiger charge is -2.33. The second-order valence-electron chi connectivity index (χ2n) is 6.36. The van der Waals surface area contributed by atoms with E-state index in [9.17, 15) is 23.7 Å². The SMILES string of the molecule is O=C(C[NH+]1CCN(c2ccc(F)cc2[N+](=O)[O-])CC1)Nc1ccc(F)cc1. The van der Waals surface area contributed by atoms with Gasteiger partial charge in [0, 0.05) is 5.69 Å². The third-order valence-electron chi connectivity index (χ3n) is 4.48. The number of amides is 1. The summed E-state index contributed by atoms with van der Waals surface area (Å²) in [5.74, 6) is -1.20. The van der Waals surface area contributed by atoms with Crippen LogP contribution >= 0.6 is 0 Å². The summed E-state index contributed by atoms with van der Waals surface area (Å²) in [6.07, 6.45) is 0. The summed E-state index contributed by atoms with van der Waals surface area (Å²) < 4.78 is 26.2. The minimum atomic E-state index is -0.646. The predicted molar refractivity (Wildman–Crippen MR) is 95.9 cm³/mol. The Bertz CT molecular complexity index is 837. The number of hydrogen-bond acceptors (Lipinski definition) is 4. The average Bonchev–Trinajstić information content (AvgIpc) is 2.64. The zero-order valence-electron chi connectivity index (χ0n) is 14.5. The van der Waals surface area contributed by atoms with Crippen molar-refractivity contribution < 1.29 is 23.4 Å². The molecule has 0 spiro atoms. The maximum Gasteiger partial charge on any atom is 0.295 e. The van der Waals surface area contributed by atoms with Crippen LogP contribution in [-0.2, 0) is 4.79 Å². The van der Waals surface area contributed by atoms with E-state index in [4.69, 9.17) is 0 Å². The van der Waals surface area contributed by atoms with Gasteiger partial charge in [-0.2, -0.15) is 0 Å². The van der Waals surface area contributed by atoms with Crippen molar-refractivity contribution in [2.24, 2.45) is 0 Å². The molecular weight excluding hydrogens is 358 g/mol. The number of nitro benzene ring substituents is 1. The lowest BCUT2D eigenvalue weighted by Crippen LogP contribution is -3.15. The van der Waals surface area contributed by atoms with Crippen molar-refractivity contribution in [3.63, 3.8) is 0 Å². The fourth-order valence-electron chi connectivity index (χ4n) is 3.12. The number of benzene rings is 2. The van der Waals surface area contributed by atoms with Crippen molar-refractivity contribution in [1.29, 1.82) is 0 Å². The van der Waals surface area contributed by atoms with Gasteiger partial charge in [-0.05, 0) is 36.4 Å². The van der Waals surface area contributed by atoms with Crippen LogP contribution < -0.4 is 15.1 Å². The molecule has 7 nitrogen and oxygen atoms in total. The van der Waals surface area contributed by atoms with Crippen LogP contribution in [0, 0.1) is 21.7 Å². The highest BCUT2D eigenvalue weighted by Gasteiger charge is 2.27. The standard InChI is InChI=1S/C18H18F2N4O3/c19-13-1-4-15(5-2-13)21-18(25)12-22-7-9-23(10-8-22)16-6-3-14(20)11-17(16)24(26)27/h1-6,11H,7-10,12H2,(H,21,25)/p+1. The van der Waals surface area contributed by atoms with Gasteiger partial charge in [0.15, 0.2) is 6.54 Å². The number of nitrogens with zero attached hydrogens (tertiary/aromatic N) is 2. The molecule has 1 aliphatic rings. The number of rotatable bonds is 5. The highest BCUT2D eigenvalue weighted by Crippen LogP contribution is 2.28. The Morgan fingerprint density at radius 2 is 1.74 bits per heavy atom. The van der Waals surface area contributed by atoms with Crippen LogP contribution in [0.5, 0.6) is 0 Å². The summed E-state index contributed by atoms with van der Waals surface area (Å²) >= 11 is 0. The molecule has 1 heterocycles. The monoisotopic (exact) mass is 377 g/mol. The molecule has 0 aromatic heterocycles. The summed E-state index contributed by atoms with van der Waals surface area (Å²) in [5.41, 5.74) is 0.657. The summed E-state index contributed by atoms with van der Waals surface area (Å²) in [7, 11) is 0. The first kappa shape index (κ1) is 18.7. The van der Waals surface area contributed by atoms with Gasteiger partial charge in [-0.25, -0.2) is 8.78 Å². The lowest BCUT2D eigenvalue weighted by molar-refractivity contribution is -0.892. The molecule has 3 rings (SSSR count). The van der Waals surface area contributed by atoms with Gasteiger partial charge in [0.2, 0.25) is 0 Å². The number of piperazine rings is 1. The normalized spacial score (nSPS) is 14.8. The zero-order chi connectivity index (χ0) is 19.4. The van der Waals surface area contributed by atoms with E-state index in [2.05, 4.69) is 5.32 Å². The first-order valence-electron chi connectivity index (χ1n) is 8.50. The molecule has 0 aliphatic carbocycles. The number of halogens is 2. The molecule has 0 bridgehead atoms. The number of carbonyl (C=O) groups is 1. The Hall–Kier alpha value is -3.07. The van der Waals surface area contributed by atoms with Gasteiger partial charge >= 0.3 is 0 Å². The maximum absolute atomic E-state index is 13.3. The highest BCUT2D eigenvalue weighted by atomic mass is 19.1. The van der Waals surface area contributed by atoms with Crippen LogP contribution in [0.3, 0.4) is 0 Å². The van der Waals surface area contributed by atoms with E-state index in [1.54, 1.807) is 0 Å². The number of quaternary nitrogens is 1. The van der Waals surface area contributed by atoms with Crippen LogP contribution in [-0.4, -0.2) is 43.6 Å². The second-order valence-corrected chi connectivity index (χ2v) is 6.36. The van der Waals surface area contributed by atoms with Gasteiger partial charge in [0.1, 0.15) is 17.3 Å². The molecule has 1 fully saturated rings. The molecule has 2 aromatic carbocycles. The van der Waals surface area contributed by atoms with Gasteiger partial charge in [-0.1, -0.05) is 0 Å². The number of hydrogen-bond donors (Lipinski definition) is 2. The summed E-state index contributed by atoms with van der Waals surface area (Å²) in [6.45, 7) is 2.52. The quantitative estimate of drug-likeness (QED) is 0.607. The van der Waals surface area contributed by atoms with Gasteiger partial charge in [-0.15, -0.1) is 0 Å². The Morgan fingerprint density at radius 3 is 2.37 bits per heavy atom. The molecule has 142 valence electrons. The predicted octanol–water partition coefficient (Wildman–Crippen LogP) is 1.22. The minimum absolute atomic E-state index is 0.183. The van der Waals surface area contributed by atoms with Gasteiger partial charge < -0.3 is 15.1 Å². The third kappa shape index (κ3) is 4.76. The first-order valence-corrected chi connectivity index (χ1v) is 8.50. The van der Waals surface area contributed by atoms with Gasteiger partial charge in [0.25, 0.3) is 11.6 Å². The van der Waals surface area contributed by atoms with E-state index in [0.29, 0.717) is 37.6 Å². The van der Waals surface area contributed by atoms with Gasteiger partial charge in [0.05, 0.1) is 37.2 Å². The molecular formula is C18H19F2N4O3+. The van der Waals surface area contributed by atoms with E-state index < -0.39 is 10.7 Å². The minimum Gasteiger partial charge on any atom is -0.355 e. The van der Waals surface area contributed by atoms with E-state index in [1.165, 1.54) is 36.4 Å². The largest absolute Gasteiger partial charge is 0.355 e. The van der Waals surface area contributed by atoms with Crippen molar-refractivity contribution in [3.05, 3.63) is 64.2 Å². The molecule has 2 N–H and O–H groups in total. The third-order valence-corrected chi connectivity index (χ3v) is 4.48. The molecule has 9 heteroatoms. The number of carbonyl (C=O) groups excluding carboxylic acids is 1. The average molecular weight is 377 g/mol. The van der Waals surface area contributed by atoms with Crippen molar-refractivity contribution in [1.82, 2.24) is 0 Å². The molecule has 2 aromatic rings. The Kier molecular flexibility index (Phi) is 5.60. The van der Waals surface area contributed by atoms with Crippen LogP contribution in [0.1, 0.15) is 0 Å². The van der Waals surface area contributed by atoms with Crippen LogP contribution in [0.25, 0.3) is 0 Å². The van der Waals surface area contributed by atoms with Crippen molar-refractivity contribution in [2.45, 2.75) is 0 Å². The Labute approximate surface area is 154 Å². The van der Waals surface area contributed by atoms with Crippen molar-refractivity contribution in [3.8, 4) is 0 Å². The highest BCUT2D eigenvalue weighted by molar-refractivity contribution is 5.91. The second kappa shape index (κ2) is 8.09. The zero-order valence-corrected chi connectivity index (χ0v) is 14.5. The number of nitro groups is 1. The molecule has 0 unspecified atom stereocenters. The van der Waals surface area contributed by atoms with Crippen LogP contribution in [0.4, 0.5) is 25.8 Å². The maximum atomic E-state index is 13.3. The molecule has 0 saturated carbocycles. The van der Waals surface area contributed by atoms with E-state index in [-0.39, 0.29) is 24.0 Å².